The molecule has 4 heteroatoms. The fourth-order valence-corrected chi connectivity index (χ4v) is 3.48. The average Bonchev–Trinajstić information content (AvgIpc) is 2.78. The molecule has 2 heterocycles. The third kappa shape index (κ3) is 2.62. The van der Waals surface area contributed by atoms with E-state index in [1.54, 1.807) is 0 Å². The molecule has 1 unspecified atom stereocenters. The summed E-state index contributed by atoms with van der Waals surface area (Å²) in [5.41, 5.74) is 0. The van der Waals surface area contributed by atoms with Gasteiger partial charge in [-0.15, -0.1) is 11.3 Å². The lowest BCUT2D eigenvalue weighted by Crippen LogP contribution is -2.32. The Morgan fingerprint density at radius 3 is 3.19 bits per heavy atom. The van der Waals surface area contributed by atoms with E-state index < -0.39 is 0 Å². The first kappa shape index (κ1) is 12.0. The number of hydrogen-bond donors (Lipinski definition) is 1. The van der Waals surface area contributed by atoms with Crippen LogP contribution in [-0.4, -0.2) is 30.0 Å². The molecule has 1 N–H and O–H groups in total. The second kappa shape index (κ2) is 5.75. The van der Waals surface area contributed by atoms with Gasteiger partial charge in [-0.3, -0.25) is 4.90 Å². The van der Waals surface area contributed by atoms with Crippen LogP contribution in [0.3, 0.4) is 0 Å². The molecule has 0 spiro atoms. The summed E-state index contributed by atoms with van der Waals surface area (Å²) in [7, 11) is 1.98. The lowest BCUT2D eigenvalue weighted by molar-refractivity contribution is 0.157. The van der Waals surface area contributed by atoms with Crippen LogP contribution in [0, 0.1) is 0 Å². The molecular formula is C12H21N3S. The van der Waals surface area contributed by atoms with E-state index in [0.717, 1.165) is 13.1 Å². The van der Waals surface area contributed by atoms with Crippen molar-refractivity contribution in [2.24, 2.45) is 0 Å². The number of aromatic nitrogens is 1. The summed E-state index contributed by atoms with van der Waals surface area (Å²) in [6, 6.07) is 0.578. The lowest BCUT2D eigenvalue weighted by Gasteiger charge is -2.33. The van der Waals surface area contributed by atoms with Gasteiger partial charge in [0.25, 0.3) is 0 Å². The van der Waals surface area contributed by atoms with E-state index in [1.807, 2.05) is 24.6 Å². The number of rotatable bonds is 4. The molecule has 16 heavy (non-hydrogen) atoms. The highest BCUT2D eigenvalue weighted by Crippen LogP contribution is 2.32. The maximum Gasteiger partial charge on any atom is 0.110 e. The van der Waals surface area contributed by atoms with Crippen LogP contribution >= 0.6 is 11.3 Å². The van der Waals surface area contributed by atoms with E-state index in [2.05, 4.69) is 22.1 Å². The van der Waals surface area contributed by atoms with Crippen molar-refractivity contribution < 1.29 is 0 Å². The van der Waals surface area contributed by atoms with Crippen LogP contribution < -0.4 is 5.32 Å². The molecule has 1 aromatic rings. The first-order valence-corrected chi connectivity index (χ1v) is 7.00. The summed E-state index contributed by atoms with van der Waals surface area (Å²) < 4.78 is 0. The van der Waals surface area contributed by atoms with Gasteiger partial charge in [0.1, 0.15) is 5.01 Å². The van der Waals surface area contributed by atoms with Crippen molar-refractivity contribution in [1.82, 2.24) is 15.2 Å². The van der Waals surface area contributed by atoms with Crippen molar-refractivity contribution in [3.05, 3.63) is 16.1 Å². The smallest absolute Gasteiger partial charge is 0.110 e. The molecule has 1 saturated heterocycles. The highest BCUT2D eigenvalue weighted by Gasteiger charge is 2.24. The van der Waals surface area contributed by atoms with Crippen LogP contribution in [0.2, 0.25) is 0 Å². The van der Waals surface area contributed by atoms with E-state index >= 15 is 0 Å². The maximum atomic E-state index is 4.59. The predicted molar refractivity (Wildman–Crippen MR) is 68.7 cm³/mol. The molecule has 0 saturated carbocycles. The molecule has 0 radical (unpaired) electrons. The van der Waals surface area contributed by atoms with Crippen molar-refractivity contribution in [1.29, 1.82) is 0 Å². The van der Waals surface area contributed by atoms with Crippen molar-refractivity contribution in [2.75, 3.05) is 20.1 Å². The average molecular weight is 239 g/mol. The minimum Gasteiger partial charge on any atom is -0.315 e. The molecule has 1 aliphatic heterocycles. The number of nitrogens with one attached hydrogen (secondary N) is 1. The molecule has 2 rings (SSSR count). The zero-order valence-corrected chi connectivity index (χ0v) is 11.0. The summed E-state index contributed by atoms with van der Waals surface area (Å²) in [6.45, 7) is 5.57. The fraction of sp³-hybridized carbons (Fsp3) is 0.750. The number of hydrogen-bond acceptors (Lipinski definition) is 4. The van der Waals surface area contributed by atoms with Gasteiger partial charge in [-0.2, -0.15) is 0 Å². The van der Waals surface area contributed by atoms with E-state index in [9.17, 15) is 0 Å². The Bertz CT molecular complexity index is 324. The largest absolute Gasteiger partial charge is 0.315 e. The van der Waals surface area contributed by atoms with Crippen molar-refractivity contribution in [3.8, 4) is 0 Å². The SMILES string of the molecule is CCN1CCCCC1c1ncc(CNC)s1. The third-order valence-corrected chi connectivity index (χ3v) is 4.33. The van der Waals surface area contributed by atoms with Gasteiger partial charge in [0.15, 0.2) is 0 Å². The molecular weight excluding hydrogens is 218 g/mol. The Balaban J connectivity index is 2.08. The van der Waals surface area contributed by atoms with Gasteiger partial charge < -0.3 is 5.32 Å². The van der Waals surface area contributed by atoms with Gasteiger partial charge in [0.2, 0.25) is 0 Å². The quantitative estimate of drug-likeness (QED) is 0.874. The zero-order chi connectivity index (χ0) is 11.4. The summed E-state index contributed by atoms with van der Waals surface area (Å²) in [5.74, 6) is 0. The number of likely N-dealkylation sites (tertiary alicyclic amines) is 1. The Kier molecular flexibility index (Phi) is 4.32. The summed E-state index contributed by atoms with van der Waals surface area (Å²) >= 11 is 1.87. The van der Waals surface area contributed by atoms with Gasteiger partial charge in [-0.25, -0.2) is 4.98 Å². The minimum atomic E-state index is 0.578. The van der Waals surface area contributed by atoms with E-state index in [0.29, 0.717) is 6.04 Å². The standard InChI is InChI=1S/C12H21N3S/c1-3-15-7-5-4-6-11(15)12-14-9-10(16-12)8-13-2/h9,11,13H,3-8H2,1-2H3. The van der Waals surface area contributed by atoms with Crippen LogP contribution in [0.15, 0.2) is 6.20 Å². The highest BCUT2D eigenvalue weighted by atomic mass is 32.1. The first-order chi connectivity index (χ1) is 7.85. The molecule has 1 aromatic heterocycles. The van der Waals surface area contributed by atoms with Crippen molar-refractivity contribution in [3.63, 3.8) is 0 Å². The van der Waals surface area contributed by atoms with Crippen LogP contribution in [0.4, 0.5) is 0 Å². The zero-order valence-electron chi connectivity index (χ0n) is 10.2. The number of nitrogens with zero attached hydrogens (tertiary/aromatic N) is 2. The fourth-order valence-electron chi connectivity index (χ4n) is 2.38. The monoisotopic (exact) mass is 239 g/mol. The minimum absolute atomic E-state index is 0.578. The second-order valence-corrected chi connectivity index (χ2v) is 5.48. The van der Waals surface area contributed by atoms with E-state index in [-0.39, 0.29) is 0 Å². The van der Waals surface area contributed by atoms with Gasteiger partial charge in [0, 0.05) is 17.6 Å². The summed E-state index contributed by atoms with van der Waals surface area (Å²) in [4.78, 5) is 8.50. The lowest BCUT2D eigenvalue weighted by atomic mass is 10.0. The van der Waals surface area contributed by atoms with Gasteiger partial charge in [-0.05, 0) is 33.0 Å². The summed E-state index contributed by atoms with van der Waals surface area (Å²) in [5, 5.41) is 4.49. The Hall–Kier alpha value is -0.450. The molecule has 1 aliphatic rings. The Morgan fingerprint density at radius 2 is 2.44 bits per heavy atom. The number of thiazole rings is 1. The second-order valence-electron chi connectivity index (χ2n) is 4.34. The van der Waals surface area contributed by atoms with Gasteiger partial charge in [-0.1, -0.05) is 13.3 Å². The molecule has 0 aliphatic carbocycles. The molecule has 3 nitrogen and oxygen atoms in total. The Labute approximate surface area is 102 Å². The Morgan fingerprint density at radius 1 is 1.56 bits per heavy atom. The number of piperidine rings is 1. The molecule has 0 bridgehead atoms. The van der Waals surface area contributed by atoms with E-state index in [1.165, 1.54) is 35.7 Å². The van der Waals surface area contributed by atoms with Gasteiger partial charge >= 0.3 is 0 Å². The van der Waals surface area contributed by atoms with Gasteiger partial charge in [0.05, 0.1) is 6.04 Å². The molecule has 90 valence electrons. The first-order valence-electron chi connectivity index (χ1n) is 6.18. The predicted octanol–water partition coefficient (Wildman–Crippen LogP) is 2.41. The topological polar surface area (TPSA) is 28.2 Å². The molecule has 0 aromatic carbocycles. The summed E-state index contributed by atoms with van der Waals surface area (Å²) in [6.07, 6.45) is 6.00. The normalized spacial score (nSPS) is 22.5. The van der Waals surface area contributed by atoms with E-state index in [4.69, 9.17) is 0 Å². The van der Waals surface area contributed by atoms with Crippen molar-refractivity contribution in [2.45, 2.75) is 38.8 Å². The van der Waals surface area contributed by atoms with Crippen LogP contribution in [-0.2, 0) is 6.54 Å². The third-order valence-electron chi connectivity index (χ3n) is 3.23. The van der Waals surface area contributed by atoms with Crippen LogP contribution in [0.1, 0.15) is 42.1 Å². The molecule has 1 fully saturated rings. The maximum absolute atomic E-state index is 4.59. The van der Waals surface area contributed by atoms with Crippen molar-refractivity contribution >= 4 is 11.3 Å². The highest BCUT2D eigenvalue weighted by molar-refractivity contribution is 7.11. The van der Waals surface area contributed by atoms with Crippen LogP contribution in [0.5, 0.6) is 0 Å². The van der Waals surface area contributed by atoms with Crippen LogP contribution in [0.25, 0.3) is 0 Å². The molecule has 0 amide bonds. The molecule has 1 atom stereocenters.